The standard InChI is InChI=1S/C43H41N7O2/c1-3-5-29-49-31-39(42(51)52-4-2)40(46-49)44-30-32-25-27-33(28-26-32)37-23-15-16-24-38(37)41-45-47-48-50(41)43(34-17-9-6-10-18-34,35-19-11-7-12-20-35)36-21-13-8-14-22-36/h6-28,31H,3-5,29-30H2,1-2H3,(H,44,46). The number of ether oxygens (including phenoxy) is 1. The second-order valence-corrected chi connectivity index (χ2v) is 12.5. The van der Waals surface area contributed by atoms with Gasteiger partial charge in [-0.15, -0.1) is 5.10 Å². The molecule has 0 aliphatic heterocycles. The lowest BCUT2D eigenvalue weighted by molar-refractivity contribution is 0.0527. The molecule has 0 atom stereocenters. The van der Waals surface area contributed by atoms with Crippen LogP contribution in [0.4, 0.5) is 5.82 Å². The van der Waals surface area contributed by atoms with Crippen LogP contribution in [0.5, 0.6) is 0 Å². The average molecular weight is 688 g/mol. The number of carbonyl (C=O) groups excluding carboxylic acids is 1. The molecule has 5 aromatic carbocycles. The molecule has 0 bridgehead atoms. The fourth-order valence-corrected chi connectivity index (χ4v) is 6.75. The molecule has 1 N–H and O–H groups in total. The summed E-state index contributed by atoms with van der Waals surface area (Å²) in [5.41, 5.74) is 6.66. The Labute approximate surface area is 303 Å². The average Bonchev–Trinajstić information content (AvgIpc) is 3.86. The van der Waals surface area contributed by atoms with E-state index >= 15 is 0 Å². The molecule has 0 aliphatic carbocycles. The summed E-state index contributed by atoms with van der Waals surface area (Å²) in [6, 6.07) is 47.8. The largest absolute Gasteiger partial charge is 0.462 e. The van der Waals surface area contributed by atoms with E-state index in [4.69, 9.17) is 15.0 Å². The molecular weight excluding hydrogens is 647 g/mol. The van der Waals surface area contributed by atoms with Crippen molar-refractivity contribution < 1.29 is 9.53 Å². The maximum absolute atomic E-state index is 12.7. The first-order valence-corrected chi connectivity index (χ1v) is 17.8. The maximum atomic E-state index is 12.7. The fourth-order valence-electron chi connectivity index (χ4n) is 6.75. The number of nitrogens with one attached hydrogen (secondary N) is 1. The minimum Gasteiger partial charge on any atom is -0.462 e. The van der Waals surface area contributed by atoms with Gasteiger partial charge in [-0.2, -0.15) is 5.10 Å². The Balaban J connectivity index is 1.25. The molecule has 7 rings (SSSR count). The summed E-state index contributed by atoms with van der Waals surface area (Å²) in [6.07, 6.45) is 3.78. The van der Waals surface area contributed by atoms with Crippen molar-refractivity contribution in [1.82, 2.24) is 30.0 Å². The van der Waals surface area contributed by atoms with Crippen LogP contribution in [0.2, 0.25) is 0 Å². The topological polar surface area (TPSA) is 99.7 Å². The van der Waals surface area contributed by atoms with Gasteiger partial charge in [0.2, 0.25) is 0 Å². The number of unbranched alkanes of at least 4 members (excludes halogenated alkanes) is 1. The first-order valence-electron chi connectivity index (χ1n) is 17.8. The van der Waals surface area contributed by atoms with E-state index in [0.717, 1.165) is 58.3 Å². The van der Waals surface area contributed by atoms with Gasteiger partial charge in [-0.25, -0.2) is 9.48 Å². The highest BCUT2D eigenvalue weighted by Gasteiger charge is 2.42. The van der Waals surface area contributed by atoms with Gasteiger partial charge in [-0.1, -0.05) is 153 Å². The van der Waals surface area contributed by atoms with E-state index in [9.17, 15) is 4.79 Å². The Bertz CT molecular complexity index is 2120. The molecular formula is C43H41N7O2. The highest BCUT2D eigenvalue weighted by atomic mass is 16.5. The van der Waals surface area contributed by atoms with Crippen LogP contribution >= 0.6 is 0 Å². The molecule has 0 radical (unpaired) electrons. The van der Waals surface area contributed by atoms with Crippen molar-refractivity contribution in [3.8, 4) is 22.5 Å². The highest BCUT2D eigenvalue weighted by molar-refractivity contribution is 5.94. The van der Waals surface area contributed by atoms with Crippen LogP contribution in [0.25, 0.3) is 22.5 Å². The molecule has 260 valence electrons. The third-order valence-electron chi connectivity index (χ3n) is 9.25. The van der Waals surface area contributed by atoms with Gasteiger partial charge in [0.25, 0.3) is 0 Å². The number of anilines is 1. The fraction of sp³-hybridized carbons (Fsp3) is 0.186. The Morgan fingerprint density at radius 1 is 0.731 bits per heavy atom. The van der Waals surface area contributed by atoms with Gasteiger partial charge in [-0.05, 0) is 57.2 Å². The molecule has 0 spiro atoms. The van der Waals surface area contributed by atoms with E-state index in [1.165, 1.54) is 0 Å². The minimum absolute atomic E-state index is 0.305. The molecule has 2 aromatic heterocycles. The number of rotatable bonds is 14. The van der Waals surface area contributed by atoms with Crippen LogP contribution in [0.15, 0.2) is 146 Å². The predicted octanol–water partition coefficient (Wildman–Crippen LogP) is 8.63. The smallest absolute Gasteiger partial charge is 0.343 e. The van der Waals surface area contributed by atoms with Crippen molar-refractivity contribution in [1.29, 1.82) is 0 Å². The summed E-state index contributed by atoms with van der Waals surface area (Å²) in [5.74, 6) is 0.787. The number of aromatic nitrogens is 6. The van der Waals surface area contributed by atoms with E-state index in [0.29, 0.717) is 30.4 Å². The van der Waals surface area contributed by atoms with Gasteiger partial charge in [-0.3, -0.25) is 4.68 Å². The van der Waals surface area contributed by atoms with E-state index < -0.39 is 5.54 Å². The summed E-state index contributed by atoms with van der Waals surface area (Å²) in [5, 5.41) is 21.8. The normalized spacial score (nSPS) is 11.3. The molecule has 9 nitrogen and oxygen atoms in total. The number of esters is 1. The lowest BCUT2D eigenvalue weighted by atomic mass is 9.77. The second-order valence-electron chi connectivity index (χ2n) is 12.5. The molecule has 52 heavy (non-hydrogen) atoms. The number of aryl methyl sites for hydroxylation is 1. The van der Waals surface area contributed by atoms with E-state index in [1.807, 2.05) is 39.7 Å². The van der Waals surface area contributed by atoms with Crippen LogP contribution in [0.3, 0.4) is 0 Å². The molecule has 0 aliphatic rings. The zero-order valence-electron chi connectivity index (χ0n) is 29.4. The summed E-state index contributed by atoms with van der Waals surface area (Å²) in [6.45, 7) is 5.47. The third-order valence-corrected chi connectivity index (χ3v) is 9.25. The molecule has 0 saturated carbocycles. The van der Waals surface area contributed by atoms with Crippen molar-refractivity contribution in [3.63, 3.8) is 0 Å². The lowest BCUT2D eigenvalue weighted by Crippen LogP contribution is -2.39. The Hall–Kier alpha value is -6.35. The lowest BCUT2D eigenvalue weighted by Gasteiger charge is -2.36. The number of benzene rings is 5. The third kappa shape index (κ3) is 6.73. The predicted molar refractivity (Wildman–Crippen MR) is 204 cm³/mol. The van der Waals surface area contributed by atoms with Crippen molar-refractivity contribution in [2.75, 3.05) is 11.9 Å². The van der Waals surface area contributed by atoms with Gasteiger partial charge in [0.15, 0.2) is 11.6 Å². The quantitative estimate of drug-likeness (QED) is 0.0903. The van der Waals surface area contributed by atoms with Crippen LogP contribution in [0, 0.1) is 0 Å². The summed E-state index contributed by atoms with van der Waals surface area (Å²) in [4.78, 5) is 12.7. The van der Waals surface area contributed by atoms with Gasteiger partial charge < -0.3 is 10.1 Å². The summed E-state index contributed by atoms with van der Waals surface area (Å²) >= 11 is 0. The molecule has 0 fully saturated rings. The van der Waals surface area contributed by atoms with Crippen molar-refractivity contribution >= 4 is 11.8 Å². The number of hydrogen-bond acceptors (Lipinski definition) is 7. The van der Waals surface area contributed by atoms with E-state index in [2.05, 4.69) is 132 Å². The van der Waals surface area contributed by atoms with E-state index in [1.54, 1.807) is 13.1 Å². The number of carbonyl (C=O) groups is 1. The van der Waals surface area contributed by atoms with Gasteiger partial charge >= 0.3 is 5.97 Å². The summed E-state index contributed by atoms with van der Waals surface area (Å²) < 4.78 is 9.08. The number of tetrazole rings is 1. The summed E-state index contributed by atoms with van der Waals surface area (Å²) in [7, 11) is 0. The van der Waals surface area contributed by atoms with Crippen LogP contribution in [-0.4, -0.2) is 42.6 Å². The molecule has 0 unspecified atom stereocenters. The molecule has 0 amide bonds. The van der Waals surface area contributed by atoms with Gasteiger partial charge in [0.1, 0.15) is 11.1 Å². The molecule has 0 saturated heterocycles. The first-order chi connectivity index (χ1) is 25.6. The Morgan fingerprint density at radius 2 is 1.31 bits per heavy atom. The van der Waals surface area contributed by atoms with E-state index in [-0.39, 0.29) is 5.97 Å². The first kappa shape index (κ1) is 34.1. The van der Waals surface area contributed by atoms with Crippen molar-refractivity contribution in [2.45, 2.75) is 45.3 Å². The van der Waals surface area contributed by atoms with Gasteiger partial charge in [0, 0.05) is 24.8 Å². The number of nitrogens with zero attached hydrogens (tertiary/aromatic N) is 6. The maximum Gasteiger partial charge on any atom is 0.343 e. The van der Waals surface area contributed by atoms with Gasteiger partial charge in [0.05, 0.1) is 6.61 Å². The monoisotopic (exact) mass is 687 g/mol. The molecule has 2 heterocycles. The second kappa shape index (κ2) is 15.7. The van der Waals surface area contributed by atoms with Crippen LogP contribution in [-0.2, 0) is 23.4 Å². The SMILES string of the molecule is CCCCn1cc(C(=O)OCC)c(NCc2ccc(-c3ccccc3-c3nnnn3C(c3ccccc3)(c3ccccc3)c3ccccc3)cc2)n1. The van der Waals surface area contributed by atoms with Crippen LogP contribution in [0.1, 0.15) is 59.3 Å². The number of hydrogen-bond donors (Lipinski definition) is 1. The Kier molecular flexibility index (Phi) is 10.3. The zero-order valence-corrected chi connectivity index (χ0v) is 29.4. The Morgan fingerprint density at radius 3 is 1.88 bits per heavy atom. The minimum atomic E-state index is -0.864. The molecule has 7 aromatic rings. The van der Waals surface area contributed by atoms with Crippen molar-refractivity contribution in [2.24, 2.45) is 0 Å². The zero-order chi connectivity index (χ0) is 35.8. The van der Waals surface area contributed by atoms with Crippen molar-refractivity contribution in [3.05, 3.63) is 174 Å². The molecule has 9 heteroatoms. The van der Waals surface area contributed by atoms with Crippen LogP contribution < -0.4 is 5.32 Å². The highest BCUT2D eigenvalue weighted by Crippen LogP contribution is 2.43.